The molecule has 8 nitrogen and oxygen atoms in total. The van der Waals surface area contributed by atoms with E-state index in [-0.39, 0.29) is 12.5 Å². The van der Waals surface area contributed by atoms with E-state index in [0.29, 0.717) is 6.42 Å². The Morgan fingerprint density at radius 3 is 2.07 bits per heavy atom. The fourth-order valence-electron chi connectivity index (χ4n) is 3.80. The Kier molecular flexibility index (Phi) is 13.7. The van der Waals surface area contributed by atoms with Gasteiger partial charge in [-0.05, 0) is 26.2 Å². The third kappa shape index (κ3) is 10.5. The first-order valence-electron chi connectivity index (χ1n) is 11.5. The highest BCUT2D eigenvalue weighted by molar-refractivity contribution is 5.67. The molecule has 0 aromatic carbocycles. The second-order valence-corrected chi connectivity index (χ2v) is 8.53. The molecule has 1 heterocycles. The predicted octanol–water partition coefficient (Wildman–Crippen LogP) is 2.35. The number of hydrogen-bond donors (Lipinski definition) is 5. The van der Waals surface area contributed by atoms with Crippen molar-refractivity contribution in [3.63, 3.8) is 0 Å². The molecule has 1 fully saturated rings. The molecule has 5 N–H and O–H groups in total. The quantitative estimate of drug-likeness (QED) is 0.234. The molecule has 1 saturated heterocycles. The Bertz CT molecular complexity index is 460. The Morgan fingerprint density at radius 2 is 1.47 bits per heavy atom. The van der Waals surface area contributed by atoms with E-state index in [1.54, 1.807) is 6.92 Å². The molecule has 0 bridgehead atoms. The van der Waals surface area contributed by atoms with Gasteiger partial charge in [0.1, 0.15) is 18.3 Å². The zero-order valence-electron chi connectivity index (χ0n) is 18.5. The highest BCUT2D eigenvalue weighted by atomic mass is 16.7. The van der Waals surface area contributed by atoms with Crippen molar-refractivity contribution in [2.24, 2.45) is 0 Å². The smallest absolute Gasteiger partial charge is 0.305 e. The molecule has 7 unspecified atom stereocenters. The van der Waals surface area contributed by atoms with Crippen LogP contribution < -0.4 is 0 Å². The number of ether oxygens (including phenoxy) is 2. The topological polar surface area (TPSA) is 137 Å². The standard InChI is InChI=1S/C22H42O8/c1-3-4-8-12-17(30-22-21(28)20(27)19(26)15(2)29-22)13-10-7-5-6-9-11-16(23)14-18(24)25/h15-17,19-23,26-28H,3-14H2,1-2H3,(H,24,25). The van der Waals surface area contributed by atoms with E-state index in [1.807, 2.05) is 0 Å². The molecular weight excluding hydrogens is 392 g/mol. The van der Waals surface area contributed by atoms with E-state index < -0.39 is 42.8 Å². The molecule has 0 aromatic rings. The van der Waals surface area contributed by atoms with Crippen molar-refractivity contribution in [1.82, 2.24) is 0 Å². The maximum absolute atomic E-state index is 10.5. The summed E-state index contributed by atoms with van der Waals surface area (Å²) in [6.07, 6.45) is 3.85. The van der Waals surface area contributed by atoms with Crippen molar-refractivity contribution in [3.05, 3.63) is 0 Å². The van der Waals surface area contributed by atoms with Crippen molar-refractivity contribution in [1.29, 1.82) is 0 Å². The minimum absolute atomic E-state index is 0.0803. The van der Waals surface area contributed by atoms with Crippen LogP contribution in [0.4, 0.5) is 0 Å². The first-order valence-corrected chi connectivity index (χ1v) is 11.5. The maximum Gasteiger partial charge on any atom is 0.305 e. The van der Waals surface area contributed by atoms with Gasteiger partial charge >= 0.3 is 5.97 Å². The predicted molar refractivity (Wildman–Crippen MR) is 112 cm³/mol. The van der Waals surface area contributed by atoms with E-state index in [2.05, 4.69) is 6.92 Å². The van der Waals surface area contributed by atoms with Gasteiger partial charge in [0, 0.05) is 0 Å². The summed E-state index contributed by atoms with van der Waals surface area (Å²) in [6.45, 7) is 3.78. The van der Waals surface area contributed by atoms with Crippen LogP contribution in [0.25, 0.3) is 0 Å². The number of carbonyl (C=O) groups is 1. The summed E-state index contributed by atoms with van der Waals surface area (Å²) in [7, 11) is 0. The molecule has 1 rings (SSSR count). The van der Waals surface area contributed by atoms with E-state index in [0.717, 1.165) is 64.2 Å². The van der Waals surface area contributed by atoms with Crippen LogP contribution in [0.3, 0.4) is 0 Å². The van der Waals surface area contributed by atoms with Gasteiger partial charge in [-0.15, -0.1) is 0 Å². The van der Waals surface area contributed by atoms with E-state index in [4.69, 9.17) is 14.6 Å². The van der Waals surface area contributed by atoms with Crippen LogP contribution in [0.1, 0.15) is 90.9 Å². The first kappa shape index (κ1) is 27.3. The summed E-state index contributed by atoms with van der Waals surface area (Å²) in [5, 5.41) is 48.2. The Labute approximate surface area is 180 Å². The Balaban J connectivity index is 2.34. The van der Waals surface area contributed by atoms with Crippen LogP contribution in [-0.4, -0.2) is 74.4 Å². The fourth-order valence-corrected chi connectivity index (χ4v) is 3.80. The highest BCUT2D eigenvalue weighted by Crippen LogP contribution is 2.25. The molecule has 1 aliphatic rings. The lowest BCUT2D eigenvalue weighted by Gasteiger charge is -2.40. The number of unbranched alkanes of at least 4 members (excludes halogenated alkanes) is 6. The molecule has 30 heavy (non-hydrogen) atoms. The number of aliphatic carboxylic acids is 1. The summed E-state index contributed by atoms with van der Waals surface area (Å²) in [4.78, 5) is 10.5. The second-order valence-electron chi connectivity index (χ2n) is 8.53. The van der Waals surface area contributed by atoms with Gasteiger partial charge in [0.05, 0.1) is 24.7 Å². The van der Waals surface area contributed by atoms with E-state index in [1.165, 1.54) is 0 Å². The van der Waals surface area contributed by atoms with Crippen LogP contribution in [0.5, 0.6) is 0 Å². The molecule has 8 heteroatoms. The van der Waals surface area contributed by atoms with Crippen molar-refractivity contribution in [3.8, 4) is 0 Å². The summed E-state index contributed by atoms with van der Waals surface area (Å²) in [6, 6.07) is 0. The highest BCUT2D eigenvalue weighted by Gasteiger charge is 2.43. The van der Waals surface area contributed by atoms with Gasteiger partial charge in [-0.1, -0.05) is 58.3 Å². The van der Waals surface area contributed by atoms with Crippen LogP contribution in [0.2, 0.25) is 0 Å². The first-order chi connectivity index (χ1) is 14.3. The van der Waals surface area contributed by atoms with E-state index in [9.17, 15) is 25.2 Å². The fraction of sp³-hybridized carbons (Fsp3) is 0.955. The number of aliphatic hydroxyl groups excluding tert-OH is 4. The Hall–Kier alpha value is -0.770. The molecule has 0 radical (unpaired) electrons. The molecule has 0 aliphatic carbocycles. The van der Waals surface area contributed by atoms with Gasteiger partial charge in [0.25, 0.3) is 0 Å². The van der Waals surface area contributed by atoms with Crippen LogP contribution >= 0.6 is 0 Å². The molecule has 178 valence electrons. The van der Waals surface area contributed by atoms with Crippen molar-refractivity contribution in [2.75, 3.05) is 0 Å². The second kappa shape index (κ2) is 15.1. The van der Waals surface area contributed by atoms with Crippen molar-refractivity contribution >= 4 is 5.97 Å². The van der Waals surface area contributed by atoms with Gasteiger partial charge in [-0.2, -0.15) is 0 Å². The van der Waals surface area contributed by atoms with Gasteiger partial charge in [-0.3, -0.25) is 4.79 Å². The van der Waals surface area contributed by atoms with Crippen LogP contribution in [-0.2, 0) is 14.3 Å². The number of carboxylic acids is 1. The van der Waals surface area contributed by atoms with Crippen molar-refractivity contribution in [2.45, 2.75) is 134 Å². The van der Waals surface area contributed by atoms with Gasteiger partial charge in [-0.25, -0.2) is 0 Å². The van der Waals surface area contributed by atoms with Crippen LogP contribution in [0.15, 0.2) is 0 Å². The molecule has 0 amide bonds. The minimum atomic E-state index is -1.29. The number of carboxylic acid groups (broad SMARTS) is 1. The summed E-state index contributed by atoms with van der Waals surface area (Å²) in [5.74, 6) is -0.972. The third-order valence-corrected chi connectivity index (χ3v) is 5.74. The molecular formula is C22H42O8. The largest absolute Gasteiger partial charge is 0.481 e. The summed E-state index contributed by atoms with van der Waals surface area (Å²) >= 11 is 0. The van der Waals surface area contributed by atoms with Crippen molar-refractivity contribution < 1.29 is 39.8 Å². The average Bonchev–Trinajstić information content (AvgIpc) is 2.68. The lowest BCUT2D eigenvalue weighted by Crippen LogP contribution is -2.57. The zero-order valence-corrected chi connectivity index (χ0v) is 18.5. The molecule has 7 atom stereocenters. The minimum Gasteiger partial charge on any atom is -0.481 e. The molecule has 0 spiro atoms. The molecule has 0 aromatic heterocycles. The van der Waals surface area contributed by atoms with Gasteiger partial charge < -0.3 is 35.0 Å². The Morgan fingerprint density at radius 1 is 0.900 bits per heavy atom. The third-order valence-electron chi connectivity index (χ3n) is 5.74. The van der Waals surface area contributed by atoms with Gasteiger partial charge in [0.2, 0.25) is 0 Å². The number of rotatable bonds is 16. The zero-order chi connectivity index (χ0) is 22.5. The van der Waals surface area contributed by atoms with E-state index >= 15 is 0 Å². The SMILES string of the molecule is CCCCCC(CCCCCCCC(O)CC(=O)O)OC1OC(C)C(O)C(O)C1O. The summed E-state index contributed by atoms with van der Waals surface area (Å²) in [5.41, 5.74) is 0. The molecule has 1 aliphatic heterocycles. The lowest BCUT2D eigenvalue weighted by atomic mass is 9.99. The normalized spacial score (nSPS) is 28.9. The molecule has 0 saturated carbocycles. The van der Waals surface area contributed by atoms with Crippen LogP contribution in [0, 0.1) is 0 Å². The monoisotopic (exact) mass is 434 g/mol. The van der Waals surface area contributed by atoms with Gasteiger partial charge in [0.15, 0.2) is 6.29 Å². The summed E-state index contributed by atoms with van der Waals surface area (Å²) < 4.78 is 11.6. The number of hydrogen-bond acceptors (Lipinski definition) is 7. The lowest BCUT2D eigenvalue weighted by molar-refractivity contribution is -0.305. The maximum atomic E-state index is 10.5. The number of aliphatic hydroxyl groups is 4. The average molecular weight is 435 g/mol.